The molecule has 2 unspecified atom stereocenters. The Labute approximate surface area is 444 Å². The number of carbonyl (C=O) groups excluding carboxylic acids is 2. The van der Waals surface area contributed by atoms with Crippen molar-refractivity contribution in [3.63, 3.8) is 0 Å². The number of nitrogens with two attached hydrogens (primary N) is 2. The number of fused-ring (bicyclic) bond motifs is 1. The molecule has 0 bridgehead atoms. The molecule has 0 radical (unpaired) electrons. The molecule has 5 aromatic rings. The zero-order chi connectivity index (χ0) is 52.6. The number of ether oxygens (including phenoxy) is 3. The molecular formula is C50H73ClN17O7-. The van der Waals surface area contributed by atoms with Gasteiger partial charge in [-0.2, -0.15) is 15.0 Å². The fraction of sp³-hybridized carbons (Fsp3) is 0.600. The van der Waals surface area contributed by atoms with Crippen LogP contribution < -0.4 is 39.0 Å². The lowest BCUT2D eigenvalue weighted by molar-refractivity contribution is -0.139. The van der Waals surface area contributed by atoms with Crippen LogP contribution in [-0.2, 0) is 35.0 Å². The molecule has 2 aliphatic rings. The van der Waals surface area contributed by atoms with E-state index >= 15 is 0 Å². The monoisotopic (exact) mass is 1060 g/mol. The standard InChI is InChI=1S/C50H73N17O7.ClH/c1-6-23-72-25-27-74-28-26-73-24-14-53-48-55-49(64-19-15-62(16-20-64)46(70)42(12-13-44(68)69)66-32-40(58-60-66)38(51)29-34(3)4)57-50(56-48)65-21-17-63(18-22-65)47(71)43(31-37-30-36-10-8-9-11-39(36)54-37)67-33-41(59-61-67)45(52)35(5)7-2;/h1,8-11,30,32-35,38,42-43,45,54H,7,12-29,31,51-52H2,2-5H3,(H,68,69)(H,53,55,56,57);1H/p-1/t35-,38?,42+,43+,45?;/m1./s1. The summed E-state index contributed by atoms with van der Waals surface area (Å²) in [7, 11) is 0. The number of rotatable bonds is 28. The van der Waals surface area contributed by atoms with Gasteiger partial charge in [0.15, 0.2) is 0 Å². The number of carbonyl (C=O) groups is 3. The Kier molecular flexibility index (Phi) is 21.9. The second-order valence-electron chi connectivity index (χ2n) is 19.2. The number of anilines is 3. The molecule has 408 valence electrons. The van der Waals surface area contributed by atoms with Crippen LogP contribution in [0.25, 0.3) is 10.9 Å². The second-order valence-corrected chi connectivity index (χ2v) is 19.2. The first-order valence-corrected chi connectivity index (χ1v) is 25.7. The van der Waals surface area contributed by atoms with Crippen molar-refractivity contribution in [1.82, 2.24) is 59.7 Å². The third-order valence-corrected chi connectivity index (χ3v) is 13.4. The number of halogens is 1. The lowest BCUT2D eigenvalue weighted by Gasteiger charge is -2.38. The number of carboxylic acids is 1. The van der Waals surface area contributed by atoms with Crippen molar-refractivity contribution in [2.45, 2.75) is 84.0 Å². The van der Waals surface area contributed by atoms with Gasteiger partial charge in [-0.25, -0.2) is 9.36 Å². The third-order valence-electron chi connectivity index (χ3n) is 13.4. The molecule has 0 spiro atoms. The highest BCUT2D eigenvalue weighted by Gasteiger charge is 2.34. The number of aromatic amines is 1. The summed E-state index contributed by atoms with van der Waals surface area (Å²) in [6, 6.07) is 7.85. The van der Waals surface area contributed by atoms with Crippen LogP contribution in [0.15, 0.2) is 42.7 Å². The number of hydrogen-bond donors (Lipinski definition) is 5. The maximum atomic E-state index is 14.7. The number of carboxylic acid groups (broad SMARTS) is 1. The van der Waals surface area contributed by atoms with E-state index in [1.165, 1.54) is 4.68 Å². The van der Waals surface area contributed by atoms with E-state index in [0.29, 0.717) is 140 Å². The minimum Gasteiger partial charge on any atom is -1.00 e. The highest BCUT2D eigenvalue weighted by atomic mass is 35.5. The molecule has 75 heavy (non-hydrogen) atoms. The van der Waals surface area contributed by atoms with Gasteiger partial charge in [0.25, 0.3) is 0 Å². The number of benzene rings is 1. The summed E-state index contributed by atoms with van der Waals surface area (Å²) in [6.07, 6.45) is 10.4. The Hall–Kier alpha value is -6.49. The zero-order valence-electron chi connectivity index (χ0n) is 43.5. The third kappa shape index (κ3) is 16.0. The maximum absolute atomic E-state index is 14.7. The van der Waals surface area contributed by atoms with Crippen LogP contribution in [0.5, 0.6) is 0 Å². The molecule has 7 rings (SSSR count). The molecule has 4 aromatic heterocycles. The summed E-state index contributed by atoms with van der Waals surface area (Å²) in [5.41, 5.74) is 16.0. The molecule has 2 fully saturated rings. The average molecular weight is 1060 g/mol. The van der Waals surface area contributed by atoms with Crippen molar-refractivity contribution in [2.24, 2.45) is 23.3 Å². The van der Waals surface area contributed by atoms with Crippen LogP contribution in [-0.4, -0.2) is 181 Å². The molecule has 24 nitrogen and oxygen atoms in total. The van der Waals surface area contributed by atoms with Crippen molar-refractivity contribution in [2.75, 3.05) is 114 Å². The Bertz CT molecular complexity index is 2590. The zero-order valence-corrected chi connectivity index (χ0v) is 44.2. The molecule has 0 aliphatic carbocycles. The fourth-order valence-electron chi connectivity index (χ4n) is 8.95. The van der Waals surface area contributed by atoms with Gasteiger partial charge in [0.2, 0.25) is 29.7 Å². The molecule has 5 atom stereocenters. The van der Waals surface area contributed by atoms with Crippen LogP contribution >= 0.6 is 0 Å². The smallest absolute Gasteiger partial charge is 0.303 e. The van der Waals surface area contributed by atoms with Crippen LogP contribution in [0.4, 0.5) is 17.8 Å². The van der Waals surface area contributed by atoms with Gasteiger partial charge in [0.05, 0.1) is 68.9 Å². The number of nitrogens with zero attached hydrogens (tertiary/aromatic N) is 13. The lowest BCUT2D eigenvalue weighted by atomic mass is 9.98. The van der Waals surface area contributed by atoms with E-state index in [4.69, 9.17) is 47.1 Å². The Morgan fingerprint density at radius 3 is 1.97 bits per heavy atom. The number of para-hydroxylation sites is 1. The number of H-pyrrole nitrogens is 1. The number of terminal acetylenes is 1. The summed E-state index contributed by atoms with van der Waals surface area (Å²) >= 11 is 0. The van der Waals surface area contributed by atoms with Gasteiger partial charge in [-0.15, -0.1) is 16.6 Å². The number of piperazine rings is 2. The van der Waals surface area contributed by atoms with Crippen molar-refractivity contribution in [1.29, 1.82) is 0 Å². The number of aliphatic carboxylic acids is 1. The van der Waals surface area contributed by atoms with E-state index in [1.807, 2.05) is 45.2 Å². The summed E-state index contributed by atoms with van der Waals surface area (Å²) in [4.78, 5) is 66.3. The van der Waals surface area contributed by atoms with Gasteiger partial charge in [-0.3, -0.25) is 14.4 Å². The average Bonchev–Trinajstić information content (AvgIpc) is 4.20. The molecule has 2 amide bonds. The number of hydrogen-bond acceptors (Lipinski definition) is 18. The van der Waals surface area contributed by atoms with Crippen LogP contribution in [0.3, 0.4) is 0 Å². The fourth-order valence-corrected chi connectivity index (χ4v) is 8.95. The van der Waals surface area contributed by atoms with E-state index in [-0.39, 0.29) is 61.7 Å². The van der Waals surface area contributed by atoms with Crippen molar-refractivity contribution in [3.05, 3.63) is 59.8 Å². The first-order valence-electron chi connectivity index (χ1n) is 25.7. The van der Waals surface area contributed by atoms with Crippen molar-refractivity contribution in [3.8, 4) is 12.3 Å². The first kappa shape index (κ1) is 57.8. The second kappa shape index (κ2) is 28.4. The maximum Gasteiger partial charge on any atom is 0.303 e. The molecule has 7 N–H and O–H groups in total. The molecule has 2 aliphatic heterocycles. The van der Waals surface area contributed by atoms with E-state index < -0.39 is 18.1 Å². The quantitative estimate of drug-likeness (QED) is 0.0315. The van der Waals surface area contributed by atoms with Gasteiger partial charge in [0.1, 0.15) is 18.7 Å². The molecule has 25 heteroatoms. The summed E-state index contributed by atoms with van der Waals surface area (Å²) in [5, 5.41) is 31.3. The van der Waals surface area contributed by atoms with E-state index in [1.54, 1.807) is 15.8 Å². The van der Waals surface area contributed by atoms with E-state index in [2.05, 4.69) is 70.6 Å². The highest BCUT2D eigenvalue weighted by Crippen LogP contribution is 2.27. The predicted molar refractivity (Wildman–Crippen MR) is 277 cm³/mol. The minimum atomic E-state index is -1.01. The summed E-state index contributed by atoms with van der Waals surface area (Å²) in [5.74, 6) is 2.77. The Morgan fingerprint density at radius 1 is 0.800 bits per heavy atom. The number of aromatic nitrogens is 10. The summed E-state index contributed by atoms with van der Waals surface area (Å²) in [6.45, 7) is 14.0. The van der Waals surface area contributed by atoms with Crippen molar-refractivity contribution >= 4 is 46.5 Å². The van der Waals surface area contributed by atoms with Gasteiger partial charge in [-0.05, 0) is 42.2 Å². The molecule has 6 heterocycles. The lowest BCUT2D eigenvalue weighted by Crippen LogP contribution is -3.00. The SMILES string of the molecule is C#CCOCCOCCOCCNc1nc(N2CCN(C(=O)[C@H](CCC(=O)O)n3cc(C(N)CC(C)C)nn3)CC2)nc(N2CCN(C(=O)[C@H](Cc3cc4ccccc4[nH]3)n3cc(C(N)[C@H](C)CC)nn3)CC2)n1.[Cl-]. The van der Waals surface area contributed by atoms with E-state index in [0.717, 1.165) is 23.0 Å². The van der Waals surface area contributed by atoms with Gasteiger partial charge in [-0.1, -0.05) is 68.7 Å². The van der Waals surface area contributed by atoms with Gasteiger partial charge >= 0.3 is 5.97 Å². The Morgan fingerprint density at radius 2 is 1.37 bits per heavy atom. The molecule has 1 aromatic carbocycles. The van der Waals surface area contributed by atoms with Gasteiger partial charge < -0.3 is 73.1 Å². The largest absolute Gasteiger partial charge is 1.00 e. The minimum absolute atomic E-state index is 0. The number of amides is 2. The normalized spacial score (nSPS) is 16.1. The summed E-state index contributed by atoms with van der Waals surface area (Å²) < 4.78 is 19.7. The molecule has 0 saturated carbocycles. The Balaban J connectivity index is 0.00000914. The highest BCUT2D eigenvalue weighted by molar-refractivity contribution is 5.83. The van der Waals surface area contributed by atoms with Crippen LogP contribution in [0, 0.1) is 24.2 Å². The van der Waals surface area contributed by atoms with Crippen molar-refractivity contribution < 1.29 is 46.1 Å². The van der Waals surface area contributed by atoms with Crippen LogP contribution in [0.1, 0.15) is 94.6 Å². The topological polar surface area (TPSA) is 292 Å². The number of nitrogens with one attached hydrogen (secondary N) is 2. The van der Waals surface area contributed by atoms with Crippen LogP contribution in [0.2, 0.25) is 0 Å². The predicted octanol–water partition coefficient (Wildman–Crippen LogP) is -0.386. The molecular weight excluding hydrogens is 986 g/mol. The molecule has 2 saturated heterocycles. The van der Waals surface area contributed by atoms with E-state index in [9.17, 15) is 19.5 Å². The van der Waals surface area contributed by atoms with Gasteiger partial charge in [0, 0.05) is 83.0 Å². The first-order chi connectivity index (χ1) is 35.8.